The summed E-state index contributed by atoms with van der Waals surface area (Å²) in [6.07, 6.45) is 5.80. The molecule has 0 aliphatic rings. The number of pyridine rings is 1. The zero-order valence-electron chi connectivity index (χ0n) is 22.6. The second-order valence-electron chi connectivity index (χ2n) is 8.94. The second kappa shape index (κ2) is 12.1. The lowest BCUT2D eigenvalue weighted by Crippen LogP contribution is -1.96. The highest BCUT2D eigenvalue weighted by Gasteiger charge is 2.13. The van der Waals surface area contributed by atoms with E-state index in [0.29, 0.717) is 5.82 Å². The van der Waals surface area contributed by atoms with Crippen LogP contribution in [0.5, 0.6) is 0 Å². The Balaban J connectivity index is 0.00000164. The highest BCUT2D eigenvalue weighted by Crippen LogP contribution is 2.32. The minimum absolute atomic E-state index is 0.690. The van der Waals surface area contributed by atoms with Gasteiger partial charge in [0.1, 0.15) is 0 Å². The van der Waals surface area contributed by atoms with Gasteiger partial charge in [0.05, 0.1) is 16.9 Å². The zero-order valence-corrected chi connectivity index (χ0v) is 22.6. The Morgan fingerprint density at radius 2 is 1.42 bits per heavy atom. The fourth-order valence-electron chi connectivity index (χ4n) is 4.20. The predicted octanol–water partition coefficient (Wildman–Crippen LogP) is 9.51. The van der Waals surface area contributed by atoms with Gasteiger partial charge in [0.2, 0.25) is 0 Å². The Labute approximate surface area is 226 Å². The van der Waals surface area contributed by atoms with Gasteiger partial charge in [-0.05, 0) is 54.8 Å². The molecule has 0 spiro atoms. The number of nitrogens with zero attached hydrogens (tertiary/aromatic N) is 3. The molecule has 2 aromatic heterocycles. The van der Waals surface area contributed by atoms with Crippen molar-refractivity contribution in [1.82, 2.24) is 15.0 Å². The lowest BCUT2D eigenvalue weighted by atomic mass is 9.97. The number of hydrogen-bond acceptors (Lipinski definition) is 3. The van der Waals surface area contributed by atoms with Crippen LogP contribution in [0, 0.1) is 6.92 Å². The van der Waals surface area contributed by atoms with Gasteiger partial charge in [-0.2, -0.15) is 0 Å². The van der Waals surface area contributed by atoms with Crippen molar-refractivity contribution >= 4 is 16.5 Å². The minimum Gasteiger partial charge on any atom is -0.256 e. The molecule has 0 radical (unpaired) electrons. The summed E-state index contributed by atoms with van der Waals surface area (Å²) in [6.45, 7) is 16.3. The largest absolute Gasteiger partial charge is 0.256 e. The molecule has 5 aromatic rings. The number of aromatic nitrogens is 3. The first-order valence-electron chi connectivity index (χ1n) is 12.9. The Morgan fingerprint density at radius 1 is 0.737 bits per heavy atom. The van der Waals surface area contributed by atoms with Crippen LogP contribution in [0.3, 0.4) is 0 Å². The maximum absolute atomic E-state index is 5.06. The summed E-state index contributed by atoms with van der Waals surface area (Å²) in [5, 5.41) is 1.02. The molecule has 3 nitrogen and oxygen atoms in total. The van der Waals surface area contributed by atoms with Crippen LogP contribution >= 0.6 is 0 Å². The van der Waals surface area contributed by atoms with E-state index >= 15 is 0 Å². The third kappa shape index (κ3) is 5.84. The van der Waals surface area contributed by atoms with Crippen molar-refractivity contribution in [2.24, 2.45) is 0 Å². The van der Waals surface area contributed by atoms with Gasteiger partial charge in [0, 0.05) is 28.3 Å². The summed E-state index contributed by atoms with van der Waals surface area (Å²) in [5.74, 6) is 0.690. The number of benzene rings is 3. The molecular formula is C35H33N3. The lowest BCUT2D eigenvalue weighted by Gasteiger charge is -2.12. The van der Waals surface area contributed by atoms with Gasteiger partial charge in [0.25, 0.3) is 0 Å². The third-order valence-electron chi connectivity index (χ3n) is 6.13. The summed E-state index contributed by atoms with van der Waals surface area (Å²) in [6, 6.07) is 28.8. The van der Waals surface area contributed by atoms with E-state index in [0.717, 1.165) is 61.3 Å². The van der Waals surface area contributed by atoms with E-state index in [2.05, 4.69) is 73.6 Å². The first-order chi connectivity index (χ1) is 18.5. The summed E-state index contributed by atoms with van der Waals surface area (Å²) in [4.78, 5) is 14.4. The smallest absolute Gasteiger partial charge is 0.160 e. The van der Waals surface area contributed by atoms with Crippen molar-refractivity contribution < 1.29 is 0 Å². The van der Waals surface area contributed by atoms with Gasteiger partial charge < -0.3 is 0 Å². The van der Waals surface area contributed by atoms with Crippen LogP contribution in [-0.4, -0.2) is 15.0 Å². The molecule has 0 fully saturated rings. The second-order valence-corrected chi connectivity index (χ2v) is 8.94. The van der Waals surface area contributed by atoms with Gasteiger partial charge >= 0.3 is 0 Å². The van der Waals surface area contributed by atoms with Crippen molar-refractivity contribution in [3.8, 4) is 33.9 Å². The first kappa shape index (κ1) is 26.4. The van der Waals surface area contributed by atoms with E-state index in [1.54, 1.807) is 0 Å². The molecule has 0 N–H and O–H groups in total. The van der Waals surface area contributed by atoms with E-state index in [4.69, 9.17) is 9.97 Å². The fraction of sp³-hybridized carbons (Fsp3) is 0.114. The van der Waals surface area contributed by atoms with Crippen LogP contribution in [0.4, 0.5) is 0 Å². The van der Waals surface area contributed by atoms with Crippen LogP contribution in [0.1, 0.15) is 31.9 Å². The molecule has 0 atom stereocenters. The molecule has 0 aliphatic carbocycles. The molecule has 3 heteroatoms. The predicted molar refractivity (Wildman–Crippen MR) is 163 cm³/mol. The molecule has 0 unspecified atom stereocenters. The quantitative estimate of drug-likeness (QED) is 0.220. The fourth-order valence-corrected chi connectivity index (χ4v) is 4.20. The lowest BCUT2D eigenvalue weighted by molar-refractivity contribution is 1.22. The van der Waals surface area contributed by atoms with Crippen LogP contribution in [0.2, 0.25) is 0 Å². The van der Waals surface area contributed by atoms with E-state index in [1.807, 2.05) is 75.5 Å². The van der Waals surface area contributed by atoms with Gasteiger partial charge in [0.15, 0.2) is 5.82 Å². The highest BCUT2D eigenvalue weighted by molar-refractivity contribution is 5.94. The molecular weight excluding hydrogens is 462 g/mol. The third-order valence-corrected chi connectivity index (χ3v) is 6.13. The van der Waals surface area contributed by atoms with Crippen LogP contribution < -0.4 is 0 Å². The molecule has 0 saturated heterocycles. The van der Waals surface area contributed by atoms with E-state index < -0.39 is 0 Å². The van der Waals surface area contributed by atoms with Crippen LogP contribution in [0.15, 0.2) is 122 Å². The summed E-state index contributed by atoms with van der Waals surface area (Å²) in [5.41, 5.74) is 9.98. The van der Waals surface area contributed by atoms with Crippen LogP contribution in [-0.2, 0) is 0 Å². The van der Waals surface area contributed by atoms with E-state index in [-0.39, 0.29) is 0 Å². The number of para-hydroxylation sites is 1. The molecule has 188 valence electrons. The molecule has 0 aliphatic heterocycles. The highest BCUT2D eigenvalue weighted by atomic mass is 14.9. The standard InChI is InChI=1S/C33H27N3.C2H6/c1-22(2)12-13-23(3)29-21-27(15-14-24(29)4)33-35-31-11-6-5-9-28(31)32(36-33)26-18-16-25(17-19-26)30-10-7-8-20-34-30;1-2/h5-21H,1,3H2,2,4H3;1-2H3/b13-12-;. The molecule has 38 heavy (non-hydrogen) atoms. The monoisotopic (exact) mass is 495 g/mol. The summed E-state index contributed by atoms with van der Waals surface area (Å²) >= 11 is 0. The zero-order chi connectivity index (χ0) is 27.1. The maximum atomic E-state index is 5.06. The summed E-state index contributed by atoms with van der Waals surface area (Å²) < 4.78 is 0. The Morgan fingerprint density at radius 3 is 2.13 bits per heavy atom. The van der Waals surface area contributed by atoms with Crippen LogP contribution in [0.25, 0.3) is 50.4 Å². The normalized spacial score (nSPS) is 10.7. The van der Waals surface area contributed by atoms with Crippen molar-refractivity contribution in [2.75, 3.05) is 0 Å². The first-order valence-corrected chi connectivity index (χ1v) is 12.9. The van der Waals surface area contributed by atoms with Crippen molar-refractivity contribution in [3.05, 3.63) is 133 Å². The average molecular weight is 496 g/mol. The molecule has 3 aromatic carbocycles. The number of hydrogen-bond donors (Lipinski definition) is 0. The van der Waals surface area contributed by atoms with Gasteiger partial charge in [-0.1, -0.05) is 105 Å². The molecule has 0 amide bonds. The molecule has 0 saturated carbocycles. The topological polar surface area (TPSA) is 38.7 Å². The molecule has 0 bridgehead atoms. The van der Waals surface area contributed by atoms with E-state index in [1.165, 1.54) is 0 Å². The number of aryl methyl sites for hydroxylation is 1. The molecule has 5 rings (SSSR count). The Kier molecular flexibility index (Phi) is 8.40. The SMILES string of the molecule is C=C(C)/C=C\C(=C)c1cc(-c2nc(-c3ccc(-c4ccccn4)cc3)c3ccccc3n2)ccc1C.CC. The maximum Gasteiger partial charge on any atom is 0.160 e. The number of rotatable bonds is 6. The Bertz CT molecular complexity index is 1610. The minimum atomic E-state index is 0.690. The molecule has 2 heterocycles. The van der Waals surface area contributed by atoms with E-state index in [9.17, 15) is 0 Å². The van der Waals surface area contributed by atoms with Crippen molar-refractivity contribution in [1.29, 1.82) is 0 Å². The van der Waals surface area contributed by atoms with Gasteiger partial charge in [-0.15, -0.1) is 0 Å². The number of allylic oxidation sites excluding steroid dienone is 4. The van der Waals surface area contributed by atoms with Gasteiger partial charge in [-0.25, -0.2) is 9.97 Å². The Hall–Kier alpha value is -4.63. The van der Waals surface area contributed by atoms with Crippen molar-refractivity contribution in [2.45, 2.75) is 27.7 Å². The summed E-state index contributed by atoms with van der Waals surface area (Å²) in [7, 11) is 0. The van der Waals surface area contributed by atoms with Crippen molar-refractivity contribution in [3.63, 3.8) is 0 Å². The number of fused-ring (bicyclic) bond motifs is 1. The van der Waals surface area contributed by atoms with Gasteiger partial charge in [-0.3, -0.25) is 4.98 Å². The average Bonchev–Trinajstić information content (AvgIpc) is 2.97.